The molecule has 1 aromatic carbocycles. The Balaban J connectivity index is 3.03. The first-order valence-electron chi connectivity index (χ1n) is 14.7. The third-order valence-electron chi connectivity index (χ3n) is 8.27. The third kappa shape index (κ3) is 11.1. The highest BCUT2D eigenvalue weighted by Gasteiger charge is 2.42. The smallest absolute Gasteiger partial charge is 0.250 e. The normalized spacial score (nSPS) is 12.8. The molecule has 0 amide bonds. The Kier molecular flexibility index (Phi) is 13.3. The highest BCUT2D eigenvalue weighted by Crippen LogP contribution is 2.47. The van der Waals surface area contributed by atoms with Crippen molar-refractivity contribution in [2.75, 3.05) is 6.61 Å². The van der Waals surface area contributed by atoms with Crippen LogP contribution < -0.4 is 13.6 Å². The average molecular weight is 547 g/mol. The molecule has 0 fully saturated rings. The van der Waals surface area contributed by atoms with Crippen LogP contribution in [0, 0.1) is 12.3 Å². The molecule has 0 spiro atoms. The Morgan fingerprint density at radius 1 is 0.676 bits per heavy atom. The van der Waals surface area contributed by atoms with E-state index in [1.807, 2.05) is 12.1 Å². The van der Waals surface area contributed by atoms with Crippen molar-refractivity contribution in [2.24, 2.45) is 0 Å². The predicted molar refractivity (Wildman–Crippen MR) is 167 cm³/mol. The van der Waals surface area contributed by atoms with Crippen LogP contribution in [-0.4, -0.2) is 23.2 Å². The molecule has 37 heavy (non-hydrogen) atoms. The zero-order valence-corrected chi connectivity index (χ0v) is 28.2. The maximum Gasteiger partial charge on any atom is 0.250 e. The molecule has 3 nitrogen and oxygen atoms in total. The van der Waals surface area contributed by atoms with Gasteiger partial charge in [0.25, 0.3) is 16.6 Å². The fraction of sp³-hybridized carbons (Fsp3) is 0.750. The van der Waals surface area contributed by atoms with E-state index in [0.717, 1.165) is 29.2 Å². The lowest BCUT2D eigenvalue weighted by molar-refractivity contribution is 0.283. The van der Waals surface area contributed by atoms with E-state index in [1.165, 1.54) is 57.8 Å². The summed E-state index contributed by atoms with van der Waals surface area (Å²) in [7, 11) is -4.21. The molecule has 0 heterocycles. The zero-order chi connectivity index (χ0) is 28.3. The molecule has 0 aliphatic carbocycles. The van der Waals surface area contributed by atoms with Crippen molar-refractivity contribution in [3.05, 3.63) is 17.7 Å². The fourth-order valence-electron chi connectivity index (χ4n) is 3.57. The van der Waals surface area contributed by atoms with E-state index in [0.29, 0.717) is 6.61 Å². The summed E-state index contributed by atoms with van der Waals surface area (Å²) >= 11 is 0. The van der Waals surface area contributed by atoms with Gasteiger partial charge in [-0.05, 0) is 54.8 Å². The van der Waals surface area contributed by atoms with Gasteiger partial charge in [0.15, 0.2) is 11.5 Å². The number of benzene rings is 1. The second-order valence-corrected chi connectivity index (χ2v) is 23.2. The van der Waals surface area contributed by atoms with E-state index in [2.05, 4.69) is 80.6 Å². The standard InChI is InChI=1S/C32H58O3Si2/c1-13-15-16-17-18-19-20-21-22-23-24-33-30-28(34-36(9,10)31(3,4)5)25-27(14-2)26-29(30)35-37(11,12)32(6,7)8/h2,25-26H,13,15-24H2,1,3-12H3. The van der Waals surface area contributed by atoms with Gasteiger partial charge in [-0.2, -0.15) is 0 Å². The van der Waals surface area contributed by atoms with Crippen molar-refractivity contribution >= 4 is 16.6 Å². The lowest BCUT2D eigenvalue weighted by Crippen LogP contribution is -2.44. The van der Waals surface area contributed by atoms with Gasteiger partial charge in [0, 0.05) is 5.56 Å². The van der Waals surface area contributed by atoms with Gasteiger partial charge >= 0.3 is 0 Å². The van der Waals surface area contributed by atoms with Gasteiger partial charge < -0.3 is 13.6 Å². The van der Waals surface area contributed by atoms with E-state index in [-0.39, 0.29) is 10.1 Å². The van der Waals surface area contributed by atoms with Crippen molar-refractivity contribution < 1.29 is 13.6 Å². The Hall–Kier alpha value is -1.39. The number of hydrogen-bond donors (Lipinski definition) is 0. The van der Waals surface area contributed by atoms with Crippen LogP contribution in [0.4, 0.5) is 0 Å². The highest BCUT2D eigenvalue weighted by molar-refractivity contribution is 6.75. The molecule has 212 valence electrons. The number of hydrogen-bond acceptors (Lipinski definition) is 3. The molecule has 0 aromatic heterocycles. The molecule has 1 rings (SSSR count). The van der Waals surface area contributed by atoms with Crippen LogP contribution in [0.25, 0.3) is 0 Å². The molecule has 1 aromatic rings. The van der Waals surface area contributed by atoms with E-state index >= 15 is 0 Å². The Labute approximate surface area is 232 Å². The number of rotatable bonds is 16. The first-order chi connectivity index (χ1) is 17.1. The summed E-state index contributed by atoms with van der Waals surface area (Å²) in [5.74, 6) is 5.02. The van der Waals surface area contributed by atoms with Crippen LogP contribution in [-0.2, 0) is 0 Å². The number of terminal acetylenes is 1. The van der Waals surface area contributed by atoms with Gasteiger partial charge in [-0.1, -0.05) is 112 Å². The first-order valence-corrected chi connectivity index (χ1v) is 20.5. The maximum atomic E-state index is 6.78. The molecule has 0 radical (unpaired) electrons. The van der Waals surface area contributed by atoms with E-state index in [4.69, 9.17) is 20.0 Å². The molecule has 5 heteroatoms. The highest BCUT2D eigenvalue weighted by atomic mass is 28.4. The van der Waals surface area contributed by atoms with Crippen molar-refractivity contribution in [3.8, 4) is 29.6 Å². The van der Waals surface area contributed by atoms with Crippen LogP contribution in [0.1, 0.15) is 118 Å². The molecule has 0 unspecified atom stereocenters. The molecule has 0 aliphatic heterocycles. The van der Waals surface area contributed by atoms with Gasteiger partial charge in [0.05, 0.1) is 6.61 Å². The van der Waals surface area contributed by atoms with E-state index in [1.54, 1.807) is 0 Å². The predicted octanol–water partition coefficient (Wildman–Crippen LogP) is 10.7. The van der Waals surface area contributed by atoms with Gasteiger partial charge in [0.1, 0.15) is 0 Å². The maximum absolute atomic E-state index is 6.78. The van der Waals surface area contributed by atoms with Crippen LogP contribution >= 0.6 is 0 Å². The number of unbranched alkanes of at least 4 members (excludes halogenated alkanes) is 9. The Morgan fingerprint density at radius 3 is 1.41 bits per heavy atom. The molecule has 0 saturated carbocycles. The van der Waals surface area contributed by atoms with Crippen molar-refractivity contribution in [1.82, 2.24) is 0 Å². The summed E-state index contributed by atoms with van der Waals surface area (Å²) in [6.45, 7) is 25.5. The molecule has 0 N–H and O–H groups in total. The zero-order valence-electron chi connectivity index (χ0n) is 26.2. The van der Waals surface area contributed by atoms with Crippen LogP contribution in [0.15, 0.2) is 12.1 Å². The second-order valence-electron chi connectivity index (χ2n) is 13.7. The van der Waals surface area contributed by atoms with Crippen LogP contribution in [0.3, 0.4) is 0 Å². The molecule has 0 saturated heterocycles. The summed E-state index contributed by atoms with van der Waals surface area (Å²) in [6.07, 6.45) is 18.9. The molecule has 0 aliphatic rings. The Morgan fingerprint density at radius 2 is 1.05 bits per heavy atom. The summed E-state index contributed by atoms with van der Waals surface area (Å²) < 4.78 is 20.1. The lowest BCUT2D eigenvalue weighted by atomic mass is 10.1. The minimum Gasteiger partial charge on any atom is -0.541 e. The third-order valence-corrected chi connectivity index (χ3v) is 17.0. The summed E-state index contributed by atoms with van der Waals surface area (Å²) in [5, 5.41) is 0.126. The first kappa shape index (κ1) is 33.6. The second kappa shape index (κ2) is 14.7. The number of ether oxygens (including phenoxy) is 1. The van der Waals surface area contributed by atoms with Gasteiger partial charge in [-0.15, -0.1) is 6.42 Å². The van der Waals surface area contributed by atoms with Crippen molar-refractivity contribution in [2.45, 2.75) is 149 Å². The Bertz CT molecular complexity index is 805. The molecular weight excluding hydrogens is 489 g/mol. The van der Waals surface area contributed by atoms with E-state index < -0.39 is 16.6 Å². The summed E-state index contributed by atoms with van der Waals surface area (Å²) in [5.41, 5.74) is 0.772. The summed E-state index contributed by atoms with van der Waals surface area (Å²) in [6, 6.07) is 3.93. The SMILES string of the molecule is C#Cc1cc(O[Si](C)(C)C(C)(C)C)c(OCCCCCCCCCCCC)c(O[Si](C)(C)C(C)(C)C)c1. The van der Waals surface area contributed by atoms with Gasteiger partial charge in [-0.25, -0.2) is 0 Å². The van der Waals surface area contributed by atoms with E-state index in [9.17, 15) is 0 Å². The fourth-order valence-corrected chi connectivity index (χ4v) is 5.59. The monoisotopic (exact) mass is 546 g/mol. The lowest BCUT2D eigenvalue weighted by Gasteiger charge is -2.39. The summed E-state index contributed by atoms with van der Waals surface area (Å²) in [4.78, 5) is 0. The van der Waals surface area contributed by atoms with Crippen molar-refractivity contribution in [1.29, 1.82) is 0 Å². The van der Waals surface area contributed by atoms with Gasteiger partial charge in [0.2, 0.25) is 5.75 Å². The average Bonchev–Trinajstić information content (AvgIpc) is 2.76. The van der Waals surface area contributed by atoms with Gasteiger partial charge in [-0.3, -0.25) is 0 Å². The molecule has 0 atom stereocenters. The topological polar surface area (TPSA) is 27.7 Å². The quantitative estimate of drug-likeness (QED) is 0.117. The van der Waals surface area contributed by atoms with Crippen molar-refractivity contribution in [3.63, 3.8) is 0 Å². The van der Waals surface area contributed by atoms with Crippen LogP contribution in [0.2, 0.25) is 36.3 Å². The molecular formula is C32H58O3Si2. The molecule has 0 bridgehead atoms. The van der Waals surface area contributed by atoms with Crippen LogP contribution in [0.5, 0.6) is 17.2 Å². The largest absolute Gasteiger partial charge is 0.541 e. The minimum absolute atomic E-state index is 0.0629. The minimum atomic E-state index is -2.11.